The molecule has 1 aromatic heterocycles. The van der Waals surface area contributed by atoms with E-state index in [9.17, 15) is 4.79 Å². The van der Waals surface area contributed by atoms with Crippen LogP contribution in [0.1, 0.15) is 16.1 Å². The molecule has 0 bridgehead atoms. The molecule has 18 heavy (non-hydrogen) atoms. The van der Waals surface area contributed by atoms with Gasteiger partial charge < -0.3 is 14.6 Å². The Balaban J connectivity index is 2.70. The number of nitrogens with zero attached hydrogens (tertiary/aromatic N) is 1. The maximum atomic E-state index is 12.2. The number of carbonyl (C=O) groups is 1. The van der Waals surface area contributed by atoms with Crippen LogP contribution >= 0.6 is 0 Å². The summed E-state index contributed by atoms with van der Waals surface area (Å²) in [6.07, 6.45) is 0. The number of Topliss-reactive ketones (excluding diaryl/α,β-unsaturated/α-hetero) is 1. The first-order valence-electron chi connectivity index (χ1n) is 5.91. The molecule has 1 aromatic carbocycles. The Morgan fingerprint density at radius 3 is 2.78 bits per heavy atom. The number of methoxy groups -OCH3 is 1. The van der Waals surface area contributed by atoms with Gasteiger partial charge in [-0.15, -0.1) is 0 Å². The largest absolute Gasteiger partial charge is 0.497 e. The van der Waals surface area contributed by atoms with E-state index in [2.05, 4.69) is 5.32 Å². The van der Waals surface area contributed by atoms with Crippen molar-refractivity contribution in [3.8, 4) is 5.75 Å². The van der Waals surface area contributed by atoms with Crippen LogP contribution in [-0.4, -0.2) is 31.1 Å². The van der Waals surface area contributed by atoms with Crippen molar-refractivity contribution in [2.45, 2.75) is 6.92 Å². The second kappa shape index (κ2) is 4.82. The fourth-order valence-corrected chi connectivity index (χ4v) is 2.28. The highest BCUT2D eigenvalue weighted by Gasteiger charge is 2.18. The van der Waals surface area contributed by atoms with Gasteiger partial charge >= 0.3 is 0 Å². The molecule has 0 spiro atoms. The molecule has 1 N–H and O–H groups in total. The molecular formula is C14H18N2O2. The number of nitrogens with one attached hydrogen (secondary N) is 1. The predicted octanol–water partition coefficient (Wildman–Crippen LogP) is 1.90. The molecule has 0 radical (unpaired) electrons. The second-order valence-electron chi connectivity index (χ2n) is 4.36. The van der Waals surface area contributed by atoms with Crippen LogP contribution in [0.5, 0.6) is 5.75 Å². The number of ketones is 1. The fraction of sp³-hybridized carbons (Fsp3) is 0.357. The summed E-state index contributed by atoms with van der Waals surface area (Å²) in [7, 11) is 5.38. The molecule has 0 amide bonds. The normalized spacial score (nSPS) is 10.9. The van der Waals surface area contributed by atoms with Crippen molar-refractivity contribution in [3.63, 3.8) is 0 Å². The molecule has 0 saturated heterocycles. The molecule has 2 rings (SSSR count). The van der Waals surface area contributed by atoms with Gasteiger partial charge in [0.15, 0.2) is 5.78 Å². The highest BCUT2D eigenvalue weighted by Crippen LogP contribution is 2.28. The van der Waals surface area contributed by atoms with Gasteiger partial charge in [0.2, 0.25) is 0 Å². The highest BCUT2D eigenvalue weighted by molar-refractivity contribution is 6.10. The quantitative estimate of drug-likeness (QED) is 0.838. The number of aryl methyl sites for hydroxylation is 1. The molecule has 0 fully saturated rings. The first-order chi connectivity index (χ1) is 8.60. The number of ether oxygens (including phenoxy) is 1. The van der Waals surface area contributed by atoms with Gasteiger partial charge in [-0.3, -0.25) is 4.79 Å². The van der Waals surface area contributed by atoms with Crippen LogP contribution in [0, 0.1) is 6.92 Å². The van der Waals surface area contributed by atoms with Crippen molar-refractivity contribution < 1.29 is 9.53 Å². The first kappa shape index (κ1) is 12.6. The molecule has 0 aliphatic rings. The van der Waals surface area contributed by atoms with E-state index in [0.29, 0.717) is 6.54 Å². The average Bonchev–Trinajstić information content (AvgIpc) is 2.62. The molecule has 2 aromatic rings. The van der Waals surface area contributed by atoms with Gasteiger partial charge in [-0.05, 0) is 32.2 Å². The fourth-order valence-electron chi connectivity index (χ4n) is 2.28. The second-order valence-corrected chi connectivity index (χ2v) is 4.36. The molecule has 0 aliphatic carbocycles. The SMILES string of the molecule is CNCC(=O)c1c(C)n(C)c2ccc(OC)cc12. The number of aromatic nitrogens is 1. The molecule has 4 nitrogen and oxygen atoms in total. The number of rotatable bonds is 4. The van der Waals surface area contributed by atoms with Crippen LogP contribution in [0.2, 0.25) is 0 Å². The lowest BCUT2D eigenvalue weighted by Gasteiger charge is -2.02. The predicted molar refractivity (Wildman–Crippen MR) is 72.5 cm³/mol. The average molecular weight is 246 g/mol. The third-order valence-corrected chi connectivity index (χ3v) is 3.32. The van der Waals surface area contributed by atoms with E-state index >= 15 is 0 Å². The molecule has 96 valence electrons. The van der Waals surface area contributed by atoms with E-state index in [1.165, 1.54) is 0 Å². The molecule has 0 atom stereocenters. The Bertz CT molecular complexity index is 599. The monoisotopic (exact) mass is 246 g/mol. The molecule has 4 heteroatoms. The Morgan fingerprint density at radius 2 is 2.17 bits per heavy atom. The van der Waals surface area contributed by atoms with Crippen molar-refractivity contribution in [2.75, 3.05) is 20.7 Å². The molecule has 0 aliphatic heterocycles. The van der Waals surface area contributed by atoms with Crippen molar-refractivity contribution in [3.05, 3.63) is 29.5 Å². The minimum absolute atomic E-state index is 0.105. The lowest BCUT2D eigenvalue weighted by atomic mass is 10.1. The zero-order valence-electron chi connectivity index (χ0n) is 11.2. The van der Waals surface area contributed by atoms with E-state index in [1.807, 2.05) is 36.7 Å². The van der Waals surface area contributed by atoms with Crippen LogP contribution in [0.4, 0.5) is 0 Å². The highest BCUT2D eigenvalue weighted by atomic mass is 16.5. The maximum Gasteiger partial charge on any atom is 0.179 e. The van der Waals surface area contributed by atoms with Crippen LogP contribution in [0.25, 0.3) is 10.9 Å². The van der Waals surface area contributed by atoms with Gasteiger partial charge in [0.05, 0.1) is 13.7 Å². The zero-order valence-corrected chi connectivity index (χ0v) is 11.2. The summed E-state index contributed by atoms with van der Waals surface area (Å²) < 4.78 is 7.27. The number of benzene rings is 1. The Morgan fingerprint density at radius 1 is 1.44 bits per heavy atom. The van der Waals surface area contributed by atoms with Crippen LogP contribution < -0.4 is 10.1 Å². The lowest BCUT2D eigenvalue weighted by molar-refractivity contribution is 0.0994. The number of carbonyl (C=O) groups excluding carboxylic acids is 1. The minimum atomic E-state index is 0.105. The van der Waals surface area contributed by atoms with E-state index in [-0.39, 0.29) is 5.78 Å². The maximum absolute atomic E-state index is 12.2. The summed E-state index contributed by atoms with van der Waals surface area (Å²) >= 11 is 0. The lowest BCUT2D eigenvalue weighted by Crippen LogP contribution is -2.19. The molecule has 1 heterocycles. The van der Waals surface area contributed by atoms with E-state index < -0.39 is 0 Å². The van der Waals surface area contributed by atoms with Crippen molar-refractivity contribution in [1.82, 2.24) is 9.88 Å². The first-order valence-corrected chi connectivity index (χ1v) is 5.91. The number of likely N-dealkylation sites (N-methyl/N-ethyl adjacent to an activating group) is 1. The summed E-state index contributed by atoms with van der Waals surface area (Å²) in [5.41, 5.74) is 2.81. The van der Waals surface area contributed by atoms with Gasteiger partial charge in [-0.25, -0.2) is 0 Å². The third kappa shape index (κ3) is 1.88. The van der Waals surface area contributed by atoms with Gasteiger partial charge in [-0.1, -0.05) is 0 Å². The van der Waals surface area contributed by atoms with Gasteiger partial charge in [0, 0.05) is 29.2 Å². The van der Waals surface area contributed by atoms with E-state index in [1.54, 1.807) is 14.2 Å². The third-order valence-electron chi connectivity index (χ3n) is 3.32. The van der Waals surface area contributed by atoms with Crippen LogP contribution in [0.3, 0.4) is 0 Å². The number of hydrogen-bond donors (Lipinski definition) is 1. The van der Waals surface area contributed by atoms with Crippen molar-refractivity contribution in [1.29, 1.82) is 0 Å². The van der Waals surface area contributed by atoms with Crippen LogP contribution in [0.15, 0.2) is 18.2 Å². The Kier molecular flexibility index (Phi) is 3.39. The smallest absolute Gasteiger partial charge is 0.179 e. The van der Waals surface area contributed by atoms with Gasteiger partial charge in [-0.2, -0.15) is 0 Å². The van der Waals surface area contributed by atoms with Crippen LogP contribution in [-0.2, 0) is 7.05 Å². The zero-order chi connectivity index (χ0) is 13.3. The molecule has 0 saturated carbocycles. The summed E-state index contributed by atoms with van der Waals surface area (Å²) in [4.78, 5) is 12.2. The standard InChI is InChI=1S/C14H18N2O2/c1-9-14(13(17)8-15-2)11-7-10(18-4)5-6-12(11)16(9)3/h5-7,15H,8H2,1-4H3. The van der Waals surface area contributed by atoms with Gasteiger partial charge in [0.1, 0.15) is 5.75 Å². The summed E-state index contributed by atoms with van der Waals surface area (Å²) in [5.74, 6) is 0.875. The topological polar surface area (TPSA) is 43.3 Å². The number of hydrogen-bond acceptors (Lipinski definition) is 3. The Hall–Kier alpha value is -1.81. The van der Waals surface area contributed by atoms with Crippen molar-refractivity contribution >= 4 is 16.7 Å². The summed E-state index contributed by atoms with van der Waals surface area (Å²) in [6, 6.07) is 5.82. The molecular weight excluding hydrogens is 228 g/mol. The Labute approximate surface area is 107 Å². The van der Waals surface area contributed by atoms with Crippen molar-refractivity contribution in [2.24, 2.45) is 7.05 Å². The summed E-state index contributed by atoms with van der Waals surface area (Å²) in [5, 5.41) is 3.86. The number of fused-ring (bicyclic) bond motifs is 1. The minimum Gasteiger partial charge on any atom is -0.497 e. The summed E-state index contributed by atoms with van der Waals surface area (Å²) in [6.45, 7) is 2.31. The molecule has 0 unspecified atom stereocenters. The van der Waals surface area contributed by atoms with E-state index in [0.717, 1.165) is 27.9 Å². The van der Waals surface area contributed by atoms with E-state index in [4.69, 9.17) is 4.74 Å². The van der Waals surface area contributed by atoms with Gasteiger partial charge in [0.25, 0.3) is 0 Å².